The Balaban J connectivity index is 1.28. The first-order valence-corrected chi connectivity index (χ1v) is 16.6. The lowest BCUT2D eigenvalue weighted by molar-refractivity contribution is 0.670. The third-order valence-electron chi connectivity index (χ3n) is 9.28. The molecule has 0 aliphatic rings. The fourth-order valence-corrected chi connectivity index (χ4v) is 6.97. The number of hydrogen-bond donors (Lipinski definition) is 0. The molecule has 6 heteroatoms. The van der Waals surface area contributed by atoms with Crippen LogP contribution in [0.4, 0.5) is 0 Å². The van der Waals surface area contributed by atoms with Gasteiger partial charge in [0.2, 0.25) is 0 Å². The molecule has 10 aromatic rings. The van der Waals surface area contributed by atoms with Crippen LogP contribution in [0.5, 0.6) is 0 Å². The van der Waals surface area contributed by atoms with E-state index in [1.807, 2.05) is 91.1 Å². The molecule has 10 rings (SSSR count). The highest BCUT2D eigenvalue weighted by molar-refractivity contribution is 6.18. The Morgan fingerprint density at radius 3 is 1.74 bits per heavy atom. The number of benzene rings is 6. The zero-order valence-corrected chi connectivity index (χ0v) is 26.7. The van der Waals surface area contributed by atoms with E-state index in [0.29, 0.717) is 17.5 Å². The maximum Gasteiger partial charge on any atom is 0.164 e. The molecule has 0 aliphatic carbocycles. The van der Waals surface area contributed by atoms with Gasteiger partial charge in [0.1, 0.15) is 11.2 Å². The molecule has 0 amide bonds. The summed E-state index contributed by atoms with van der Waals surface area (Å²) in [6.07, 6.45) is 1.81. The lowest BCUT2D eigenvalue weighted by Gasteiger charge is -2.10. The molecule has 4 aromatic heterocycles. The van der Waals surface area contributed by atoms with Crippen LogP contribution < -0.4 is 0 Å². The van der Waals surface area contributed by atoms with Crippen LogP contribution in [0, 0.1) is 0 Å². The molecule has 4 heterocycles. The molecule has 0 saturated heterocycles. The number of furan rings is 1. The molecule has 0 unspecified atom stereocenters. The topological polar surface area (TPSA) is 69.6 Å². The average Bonchev–Trinajstić information content (AvgIpc) is 3.72. The minimum absolute atomic E-state index is 0.575. The fraction of sp³-hybridized carbons (Fsp3) is 0. The second kappa shape index (κ2) is 11.4. The smallest absolute Gasteiger partial charge is 0.164 e. The van der Waals surface area contributed by atoms with Crippen LogP contribution in [0.3, 0.4) is 0 Å². The first kappa shape index (κ1) is 28.1. The number of nitrogens with zero attached hydrogens (tertiary/aromatic N) is 5. The molecule has 234 valence electrons. The van der Waals surface area contributed by atoms with Crippen molar-refractivity contribution in [2.75, 3.05) is 0 Å². The van der Waals surface area contributed by atoms with Gasteiger partial charge < -0.3 is 8.98 Å². The Labute approximate surface area is 287 Å². The van der Waals surface area contributed by atoms with Crippen molar-refractivity contribution in [3.05, 3.63) is 164 Å². The maximum absolute atomic E-state index is 6.78. The summed E-state index contributed by atoms with van der Waals surface area (Å²) in [5.41, 5.74) is 9.31. The molecule has 50 heavy (non-hydrogen) atoms. The zero-order valence-electron chi connectivity index (χ0n) is 26.7. The SMILES string of the molecule is c1ccc(-c2nc(-c3ccccc3)nc(-c3cc(-c4ccccn4)c4oc5cc6c7ccccc7n(-c7ccccc7)c6cc5c4c3)n2)cc1. The lowest BCUT2D eigenvalue weighted by Crippen LogP contribution is -2.00. The van der Waals surface area contributed by atoms with Gasteiger partial charge in [0.15, 0.2) is 17.5 Å². The first-order valence-electron chi connectivity index (χ1n) is 16.6. The van der Waals surface area contributed by atoms with Crippen molar-refractivity contribution in [3.8, 4) is 51.1 Å². The summed E-state index contributed by atoms with van der Waals surface area (Å²) < 4.78 is 9.11. The van der Waals surface area contributed by atoms with Crippen LogP contribution in [-0.2, 0) is 0 Å². The van der Waals surface area contributed by atoms with Gasteiger partial charge in [-0.05, 0) is 54.6 Å². The van der Waals surface area contributed by atoms with E-state index < -0.39 is 0 Å². The number of fused-ring (bicyclic) bond motifs is 6. The monoisotopic (exact) mass is 641 g/mol. The molecule has 0 bridgehead atoms. The predicted octanol–water partition coefficient (Wildman–Crippen LogP) is 10.9. The van der Waals surface area contributed by atoms with E-state index in [-0.39, 0.29) is 0 Å². The Bertz CT molecular complexity index is 2790. The number of hydrogen-bond acceptors (Lipinski definition) is 5. The number of rotatable bonds is 5. The molecule has 0 fully saturated rings. The third kappa shape index (κ3) is 4.58. The lowest BCUT2D eigenvalue weighted by atomic mass is 10.0. The molecular formula is C44H27N5O. The van der Waals surface area contributed by atoms with Crippen LogP contribution in [0.1, 0.15) is 0 Å². The van der Waals surface area contributed by atoms with Crippen LogP contribution in [-0.4, -0.2) is 24.5 Å². The minimum Gasteiger partial charge on any atom is -0.455 e. The summed E-state index contributed by atoms with van der Waals surface area (Å²) in [6, 6.07) is 53.7. The summed E-state index contributed by atoms with van der Waals surface area (Å²) in [5, 5.41) is 4.28. The van der Waals surface area contributed by atoms with Gasteiger partial charge in [0, 0.05) is 55.7 Å². The standard InChI is InChI=1S/C44H27N5O/c1-4-14-28(15-5-1)42-46-43(29-16-6-2-7-17-29)48-44(47-42)30-24-35-34-26-39-33(27-40(34)50-41(35)36(25-30)37-21-12-13-23-45-37)32-20-10-11-22-38(32)49(39)31-18-8-3-9-19-31/h1-27H. The van der Waals surface area contributed by atoms with Crippen LogP contribution in [0.15, 0.2) is 168 Å². The number of pyridine rings is 1. The van der Waals surface area contributed by atoms with E-state index >= 15 is 0 Å². The van der Waals surface area contributed by atoms with E-state index in [1.54, 1.807) is 0 Å². The van der Waals surface area contributed by atoms with Gasteiger partial charge in [-0.2, -0.15) is 0 Å². The Hall–Kier alpha value is -6.92. The van der Waals surface area contributed by atoms with Gasteiger partial charge in [-0.15, -0.1) is 0 Å². The van der Waals surface area contributed by atoms with E-state index in [9.17, 15) is 0 Å². The van der Waals surface area contributed by atoms with E-state index in [0.717, 1.165) is 72.0 Å². The number of aromatic nitrogens is 5. The molecule has 0 N–H and O–H groups in total. The Morgan fingerprint density at radius 2 is 1.06 bits per heavy atom. The normalized spacial score (nSPS) is 11.6. The Morgan fingerprint density at radius 1 is 0.440 bits per heavy atom. The van der Waals surface area contributed by atoms with Gasteiger partial charge >= 0.3 is 0 Å². The zero-order chi connectivity index (χ0) is 33.0. The summed E-state index contributed by atoms with van der Waals surface area (Å²) in [4.78, 5) is 19.8. The van der Waals surface area contributed by atoms with Crippen molar-refractivity contribution in [2.24, 2.45) is 0 Å². The highest BCUT2D eigenvalue weighted by atomic mass is 16.3. The van der Waals surface area contributed by atoms with Crippen molar-refractivity contribution in [2.45, 2.75) is 0 Å². The van der Waals surface area contributed by atoms with E-state index in [2.05, 4.69) is 77.4 Å². The van der Waals surface area contributed by atoms with Gasteiger partial charge in [-0.1, -0.05) is 103 Å². The number of para-hydroxylation sites is 2. The molecular weight excluding hydrogens is 615 g/mol. The minimum atomic E-state index is 0.575. The van der Waals surface area contributed by atoms with Gasteiger partial charge in [0.05, 0.1) is 16.7 Å². The van der Waals surface area contributed by atoms with E-state index in [1.165, 1.54) is 5.39 Å². The summed E-state index contributed by atoms with van der Waals surface area (Å²) >= 11 is 0. The fourth-order valence-electron chi connectivity index (χ4n) is 6.97. The molecule has 0 spiro atoms. The van der Waals surface area contributed by atoms with Crippen molar-refractivity contribution >= 4 is 43.7 Å². The third-order valence-corrected chi connectivity index (χ3v) is 9.28. The second-order valence-electron chi connectivity index (χ2n) is 12.3. The highest BCUT2D eigenvalue weighted by Crippen LogP contribution is 2.42. The van der Waals surface area contributed by atoms with Crippen molar-refractivity contribution < 1.29 is 4.42 Å². The van der Waals surface area contributed by atoms with E-state index in [4.69, 9.17) is 24.4 Å². The van der Waals surface area contributed by atoms with Crippen molar-refractivity contribution in [1.29, 1.82) is 0 Å². The van der Waals surface area contributed by atoms with Gasteiger partial charge in [-0.25, -0.2) is 15.0 Å². The quantitative estimate of drug-likeness (QED) is 0.187. The molecule has 6 aromatic carbocycles. The van der Waals surface area contributed by atoms with Gasteiger partial charge in [0.25, 0.3) is 0 Å². The molecule has 0 saturated carbocycles. The maximum atomic E-state index is 6.78. The van der Waals surface area contributed by atoms with Crippen molar-refractivity contribution in [1.82, 2.24) is 24.5 Å². The summed E-state index contributed by atoms with van der Waals surface area (Å²) in [6.45, 7) is 0. The van der Waals surface area contributed by atoms with Crippen LogP contribution in [0.2, 0.25) is 0 Å². The molecule has 6 nitrogen and oxygen atoms in total. The largest absolute Gasteiger partial charge is 0.455 e. The van der Waals surface area contributed by atoms with Crippen molar-refractivity contribution in [3.63, 3.8) is 0 Å². The molecule has 0 atom stereocenters. The highest BCUT2D eigenvalue weighted by Gasteiger charge is 2.21. The second-order valence-corrected chi connectivity index (χ2v) is 12.3. The average molecular weight is 642 g/mol. The summed E-state index contributed by atoms with van der Waals surface area (Å²) in [7, 11) is 0. The van der Waals surface area contributed by atoms with Gasteiger partial charge in [-0.3, -0.25) is 4.98 Å². The molecule has 0 radical (unpaired) electrons. The Kier molecular flexibility index (Phi) is 6.39. The molecule has 0 aliphatic heterocycles. The summed E-state index contributed by atoms with van der Waals surface area (Å²) in [5.74, 6) is 1.80. The van der Waals surface area contributed by atoms with Crippen LogP contribution in [0.25, 0.3) is 94.9 Å². The predicted molar refractivity (Wildman–Crippen MR) is 201 cm³/mol. The van der Waals surface area contributed by atoms with Crippen LogP contribution >= 0.6 is 0 Å². The first-order chi connectivity index (χ1) is 24.8.